The van der Waals surface area contributed by atoms with E-state index >= 15 is 0 Å². The van der Waals surface area contributed by atoms with Crippen LogP contribution in [0.2, 0.25) is 0 Å². The average Bonchev–Trinajstić information content (AvgIpc) is 3.19. The Kier molecular flexibility index (Phi) is 4.49. The van der Waals surface area contributed by atoms with Crippen LogP contribution in [-0.2, 0) is 11.3 Å². The molecule has 0 saturated heterocycles. The fraction of sp³-hybridized carbons (Fsp3) is 0.200. The third-order valence-electron chi connectivity index (χ3n) is 3.18. The van der Waals surface area contributed by atoms with E-state index in [1.165, 1.54) is 22.7 Å². The van der Waals surface area contributed by atoms with Crippen molar-refractivity contribution in [2.75, 3.05) is 0 Å². The highest BCUT2D eigenvalue weighted by Crippen LogP contribution is 2.27. The molecule has 3 N–H and O–H groups in total. The summed E-state index contributed by atoms with van der Waals surface area (Å²) < 4.78 is 0.905. The first-order chi connectivity index (χ1) is 10.6. The van der Waals surface area contributed by atoms with Gasteiger partial charge in [0, 0.05) is 6.54 Å². The number of nitrogens with one attached hydrogen (secondary N) is 1. The molecule has 0 radical (unpaired) electrons. The van der Waals surface area contributed by atoms with Gasteiger partial charge in [-0.2, -0.15) is 11.3 Å². The number of aliphatic hydroxyl groups is 2. The van der Waals surface area contributed by atoms with Crippen LogP contribution in [0.5, 0.6) is 0 Å². The number of thiazole rings is 1. The lowest BCUT2D eigenvalue weighted by Gasteiger charge is -2.15. The second kappa shape index (κ2) is 6.53. The maximum Gasteiger partial charge on any atom is 0.252 e. The summed E-state index contributed by atoms with van der Waals surface area (Å²) in [5.74, 6) is -0.613. The predicted octanol–water partition coefficient (Wildman–Crippen LogP) is 2.07. The Morgan fingerprint density at radius 1 is 1.27 bits per heavy atom. The van der Waals surface area contributed by atoms with Crippen molar-refractivity contribution in [2.45, 2.75) is 18.8 Å². The highest BCUT2D eigenvalue weighted by Gasteiger charge is 2.28. The number of hydrogen-bond acceptors (Lipinski definition) is 6. The number of thiophene rings is 1. The van der Waals surface area contributed by atoms with Crippen LogP contribution in [0.4, 0.5) is 0 Å². The van der Waals surface area contributed by atoms with Gasteiger partial charge in [0.1, 0.15) is 11.1 Å². The van der Waals surface area contributed by atoms with Gasteiger partial charge in [0.25, 0.3) is 5.91 Å². The number of aromatic nitrogens is 1. The number of para-hydroxylation sites is 1. The Balaban J connectivity index is 1.67. The molecule has 1 aromatic carbocycles. The van der Waals surface area contributed by atoms with E-state index in [1.807, 2.05) is 41.1 Å². The minimum absolute atomic E-state index is 0.325. The highest BCUT2D eigenvalue weighted by atomic mass is 32.1. The summed E-state index contributed by atoms with van der Waals surface area (Å²) in [6, 6.07) is 9.32. The summed E-state index contributed by atoms with van der Waals surface area (Å²) in [6.45, 7) is 0.325. The van der Waals surface area contributed by atoms with Crippen molar-refractivity contribution in [3.05, 3.63) is 51.7 Å². The first kappa shape index (κ1) is 15.1. The zero-order valence-electron chi connectivity index (χ0n) is 11.5. The summed E-state index contributed by atoms with van der Waals surface area (Å²) in [6.07, 6.45) is -2.88. The highest BCUT2D eigenvalue weighted by molar-refractivity contribution is 7.18. The van der Waals surface area contributed by atoms with Crippen LogP contribution in [0.3, 0.4) is 0 Å². The third-order valence-corrected chi connectivity index (χ3v) is 5.02. The lowest BCUT2D eigenvalue weighted by molar-refractivity contribution is -0.135. The second-order valence-electron chi connectivity index (χ2n) is 4.76. The molecular weight excluding hydrogens is 320 g/mol. The first-order valence-corrected chi connectivity index (χ1v) is 8.41. The number of carbonyl (C=O) groups is 1. The molecule has 114 valence electrons. The van der Waals surface area contributed by atoms with E-state index in [4.69, 9.17) is 0 Å². The molecule has 2 unspecified atom stereocenters. The molecule has 1 amide bonds. The first-order valence-electron chi connectivity index (χ1n) is 6.65. The number of fused-ring (bicyclic) bond motifs is 1. The SMILES string of the molecule is O=C(NCc1ccsc1)C(O)C(O)c1nc2ccccc2s1. The standard InChI is InChI=1S/C15H14N2O3S2/c18-12(14(20)16-7-9-5-6-21-8-9)13(19)15-17-10-3-1-2-4-11(10)22-15/h1-6,8,12-13,18-19H,7H2,(H,16,20). The van der Waals surface area contributed by atoms with Crippen LogP contribution in [-0.4, -0.2) is 27.2 Å². The normalized spacial score (nSPS) is 13.9. The molecule has 0 saturated carbocycles. The molecule has 7 heteroatoms. The van der Waals surface area contributed by atoms with Crippen LogP contribution in [0, 0.1) is 0 Å². The van der Waals surface area contributed by atoms with Crippen molar-refractivity contribution in [1.82, 2.24) is 10.3 Å². The fourth-order valence-electron chi connectivity index (χ4n) is 1.98. The van der Waals surface area contributed by atoms with Crippen molar-refractivity contribution in [1.29, 1.82) is 0 Å². The van der Waals surface area contributed by atoms with Crippen LogP contribution in [0.25, 0.3) is 10.2 Å². The van der Waals surface area contributed by atoms with Gasteiger partial charge in [-0.1, -0.05) is 12.1 Å². The Hall–Kier alpha value is -1.80. The van der Waals surface area contributed by atoms with Crippen LogP contribution in [0.1, 0.15) is 16.7 Å². The zero-order valence-corrected chi connectivity index (χ0v) is 13.1. The number of rotatable bonds is 5. The molecule has 0 bridgehead atoms. The van der Waals surface area contributed by atoms with Crippen LogP contribution < -0.4 is 5.32 Å². The Bertz CT molecular complexity index is 737. The van der Waals surface area contributed by atoms with Gasteiger partial charge in [-0.25, -0.2) is 4.98 Å². The van der Waals surface area contributed by atoms with E-state index in [1.54, 1.807) is 0 Å². The van der Waals surface area contributed by atoms with E-state index in [0.29, 0.717) is 11.6 Å². The number of hydrogen-bond donors (Lipinski definition) is 3. The van der Waals surface area contributed by atoms with Crippen LogP contribution in [0.15, 0.2) is 41.1 Å². The third kappa shape index (κ3) is 3.17. The number of amides is 1. The summed E-state index contributed by atoms with van der Waals surface area (Å²) in [5.41, 5.74) is 1.70. The molecule has 3 rings (SSSR count). The van der Waals surface area contributed by atoms with Gasteiger partial charge >= 0.3 is 0 Å². The van der Waals surface area contributed by atoms with Crippen molar-refractivity contribution < 1.29 is 15.0 Å². The molecule has 0 aliphatic carbocycles. The van der Waals surface area contributed by atoms with Crippen molar-refractivity contribution in [2.24, 2.45) is 0 Å². The molecule has 0 aliphatic heterocycles. The molecule has 5 nitrogen and oxygen atoms in total. The van der Waals surface area contributed by atoms with Crippen molar-refractivity contribution in [3.8, 4) is 0 Å². The lowest BCUT2D eigenvalue weighted by atomic mass is 10.2. The van der Waals surface area contributed by atoms with Gasteiger partial charge in [0.15, 0.2) is 6.10 Å². The summed E-state index contributed by atoms with van der Waals surface area (Å²) in [4.78, 5) is 16.2. The zero-order chi connectivity index (χ0) is 15.5. The van der Waals surface area contributed by atoms with Gasteiger partial charge < -0.3 is 15.5 Å². The molecule has 22 heavy (non-hydrogen) atoms. The monoisotopic (exact) mass is 334 g/mol. The molecule has 0 spiro atoms. The van der Waals surface area contributed by atoms with E-state index in [-0.39, 0.29) is 0 Å². The van der Waals surface area contributed by atoms with Gasteiger partial charge in [-0.05, 0) is 34.5 Å². The molecule has 3 aromatic rings. The van der Waals surface area contributed by atoms with Gasteiger partial charge in [0.05, 0.1) is 10.2 Å². The van der Waals surface area contributed by atoms with Crippen LogP contribution >= 0.6 is 22.7 Å². The van der Waals surface area contributed by atoms with E-state index in [0.717, 1.165) is 15.8 Å². The lowest BCUT2D eigenvalue weighted by Crippen LogP contribution is -2.38. The number of carbonyl (C=O) groups excluding carboxylic acids is 1. The molecular formula is C15H14N2O3S2. The van der Waals surface area contributed by atoms with E-state index in [9.17, 15) is 15.0 Å². The minimum atomic E-state index is -1.54. The molecule has 2 aromatic heterocycles. The van der Waals surface area contributed by atoms with Gasteiger partial charge in [-0.15, -0.1) is 11.3 Å². The topological polar surface area (TPSA) is 82.5 Å². The quantitative estimate of drug-likeness (QED) is 0.667. The number of nitrogens with zero attached hydrogens (tertiary/aromatic N) is 1. The average molecular weight is 334 g/mol. The van der Waals surface area contributed by atoms with Gasteiger partial charge in [0.2, 0.25) is 0 Å². The fourth-order valence-corrected chi connectivity index (χ4v) is 3.63. The predicted molar refractivity (Wildman–Crippen MR) is 86.8 cm³/mol. The van der Waals surface area contributed by atoms with Crippen molar-refractivity contribution in [3.63, 3.8) is 0 Å². The number of aliphatic hydroxyl groups excluding tert-OH is 2. The molecule has 0 fully saturated rings. The maximum atomic E-state index is 11.9. The summed E-state index contributed by atoms with van der Waals surface area (Å²) in [5, 5.41) is 26.9. The summed E-state index contributed by atoms with van der Waals surface area (Å²) in [7, 11) is 0. The minimum Gasteiger partial charge on any atom is -0.383 e. The van der Waals surface area contributed by atoms with Crippen molar-refractivity contribution >= 4 is 38.8 Å². The van der Waals surface area contributed by atoms with Gasteiger partial charge in [-0.3, -0.25) is 4.79 Å². The van der Waals surface area contributed by atoms with E-state index in [2.05, 4.69) is 10.3 Å². The Morgan fingerprint density at radius 3 is 2.82 bits per heavy atom. The summed E-state index contributed by atoms with van der Waals surface area (Å²) >= 11 is 2.80. The second-order valence-corrected chi connectivity index (χ2v) is 6.60. The Labute approximate surface area is 134 Å². The number of benzene rings is 1. The maximum absolute atomic E-state index is 11.9. The smallest absolute Gasteiger partial charge is 0.252 e. The molecule has 0 aliphatic rings. The molecule has 2 atom stereocenters. The molecule has 2 heterocycles. The largest absolute Gasteiger partial charge is 0.383 e. The Morgan fingerprint density at radius 2 is 2.09 bits per heavy atom. The van der Waals surface area contributed by atoms with E-state index < -0.39 is 18.1 Å².